The summed E-state index contributed by atoms with van der Waals surface area (Å²) in [5, 5.41) is 10.3. The van der Waals surface area contributed by atoms with Gasteiger partial charge in [-0.05, 0) is 51.4 Å². The average molecular weight is 519 g/mol. The molecule has 7 atom stereocenters. The van der Waals surface area contributed by atoms with Crippen LogP contribution in [0.1, 0.15) is 72.6 Å². The van der Waals surface area contributed by atoms with Crippen LogP contribution in [0.25, 0.3) is 0 Å². The lowest BCUT2D eigenvalue weighted by atomic mass is 9.70. The molecule has 0 aromatic heterocycles. The fourth-order valence-electron chi connectivity index (χ4n) is 6.63. The van der Waals surface area contributed by atoms with E-state index in [0.717, 1.165) is 32.1 Å². The van der Waals surface area contributed by atoms with Gasteiger partial charge in [-0.3, -0.25) is 14.4 Å². The Morgan fingerprint density at radius 1 is 1.27 bits per heavy atom. The Hall–Kier alpha value is -2.19. The summed E-state index contributed by atoms with van der Waals surface area (Å²) in [6, 6.07) is -1.52. The summed E-state index contributed by atoms with van der Waals surface area (Å²) in [4.78, 5) is 45.1. The number of esters is 1. The molecule has 2 amide bonds. The maximum atomic E-state index is 14.3. The molecule has 0 saturated carbocycles. The van der Waals surface area contributed by atoms with Crippen LogP contribution in [0, 0.1) is 17.8 Å². The zero-order chi connectivity index (χ0) is 27.3. The number of likely N-dealkylation sites (tertiary alicyclic amines) is 1. The standard InChI is InChI=1S/C29H46N2O6/c1-7-10-11-12-17-36-28(35)23-22-14-15-29(37-22)24(23)26(33)31(21(18-32)19(4)5)25(29)27(34)30(16-9-3)20(6)13-8-2/h7,9,19-25,32H,1,3,8,10-18H2,2,4-6H3/t20?,21-,22+,23-,24-,25?,29?/m0/s1. The maximum absolute atomic E-state index is 14.3. The van der Waals surface area contributed by atoms with Crippen LogP contribution in [-0.2, 0) is 23.9 Å². The highest BCUT2D eigenvalue weighted by molar-refractivity contribution is 5.98. The minimum absolute atomic E-state index is 0.0514. The summed E-state index contributed by atoms with van der Waals surface area (Å²) in [6.45, 7) is 15.9. The number of allylic oxidation sites excluding steroid dienone is 1. The van der Waals surface area contributed by atoms with Crippen LogP contribution in [0.15, 0.2) is 25.3 Å². The maximum Gasteiger partial charge on any atom is 0.312 e. The largest absolute Gasteiger partial charge is 0.465 e. The molecule has 3 saturated heterocycles. The van der Waals surface area contributed by atoms with Gasteiger partial charge in [-0.2, -0.15) is 0 Å². The van der Waals surface area contributed by atoms with Crippen molar-refractivity contribution in [1.82, 2.24) is 9.80 Å². The normalized spacial score (nSPS) is 29.8. The topological polar surface area (TPSA) is 96.4 Å². The van der Waals surface area contributed by atoms with E-state index >= 15 is 0 Å². The molecule has 0 radical (unpaired) electrons. The van der Waals surface area contributed by atoms with Crippen molar-refractivity contribution in [3.05, 3.63) is 25.3 Å². The van der Waals surface area contributed by atoms with Crippen molar-refractivity contribution in [2.24, 2.45) is 17.8 Å². The second kappa shape index (κ2) is 12.6. The van der Waals surface area contributed by atoms with Crippen LogP contribution >= 0.6 is 0 Å². The first-order valence-corrected chi connectivity index (χ1v) is 14.0. The SMILES string of the molecule is C=CCCCCOC(=O)[C@@H]1[C@H]2C(=O)N([C@@H](CO)C(C)C)C(C(=O)N(CC=C)C(C)CCC)C23CC[C@H]1O3. The first-order chi connectivity index (χ1) is 17.7. The van der Waals surface area contributed by atoms with E-state index in [1.807, 2.05) is 26.8 Å². The third kappa shape index (κ3) is 5.37. The summed E-state index contributed by atoms with van der Waals surface area (Å²) >= 11 is 0. The Labute approximate surface area is 222 Å². The molecule has 208 valence electrons. The van der Waals surface area contributed by atoms with Crippen LogP contribution in [0.4, 0.5) is 0 Å². The molecule has 0 aromatic carbocycles. The van der Waals surface area contributed by atoms with Crippen molar-refractivity contribution in [3.8, 4) is 0 Å². The quantitative estimate of drug-likeness (QED) is 0.203. The molecule has 2 bridgehead atoms. The Balaban J connectivity index is 1.98. The molecular weight excluding hydrogens is 472 g/mol. The smallest absolute Gasteiger partial charge is 0.312 e. The second-order valence-electron chi connectivity index (χ2n) is 11.2. The van der Waals surface area contributed by atoms with E-state index in [0.29, 0.717) is 19.4 Å². The van der Waals surface area contributed by atoms with Gasteiger partial charge in [-0.25, -0.2) is 0 Å². The molecule has 3 unspecified atom stereocenters. The van der Waals surface area contributed by atoms with E-state index in [9.17, 15) is 19.5 Å². The number of aliphatic hydroxyl groups excluding tert-OH is 1. The molecule has 0 aliphatic carbocycles. The minimum Gasteiger partial charge on any atom is -0.465 e. The molecule has 1 N–H and O–H groups in total. The number of ether oxygens (including phenoxy) is 2. The number of aliphatic hydroxyl groups is 1. The summed E-state index contributed by atoms with van der Waals surface area (Å²) in [7, 11) is 0. The van der Waals surface area contributed by atoms with E-state index in [4.69, 9.17) is 9.47 Å². The van der Waals surface area contributed by atoms with Gasteiger partial charge in [-0.1, -0.05) is 39.3 Å². The molecule has 1 spiro atoms. The Morgan fingerprint density at radius 2 is 2.00 bits per heavy atom. The number of amides is 2. The van der Waals surface area contributed by atoms with Crippen molar-refractivity contribution in [3.63, 3.8) is 0 Å². The minimum atomic E-state index is -1.10. The number of rotatable bonds is 15. The number of carbonyl (C=O) groups excluding carboxylic acids is 3. The highest BCUT2D eigenvalue weighted by Crippen LogP contribution is 2.59. The first-order valence-electron chi connectivity index (χ1n) is 14.0. The first kappa shape index (κ1) is 29.4. The molecular formula is C29H46N2O6. The fraction of sp³-hybridized carbons (Fsp3) is 0.759. The van der Waals surface area contributed by atoms with Gasteiger partial charge in [0.1, 0.15) is 11.6 Å². The molecule has 3 fully saturated rings. The van der Waals surface area contributed by atoms with E-state index in [1.165, 1.54) is 0 Å². The van der Waals surface area contributed by atoms with Gasteiger partial charge in [0.15, 0.2) is 0 Å². The highest BCUT2D eigenvalue weighted by Gasteiger charge is 2.75. The second-order valence-corrected chi connectivity index (χ2v) is 11.2. The predicted octanol–water partition coefficient (Wildman–Crippen LogP) is 3.48. The highest BCUT2D eigenvalue weighted by atomic mass is 16.6. The molecule has 0 aromatic rings. The Morgan fingerprint density at radius 3 is 2.59 bits per heavy atom. The van der Waals surface area contributed by atoms with Gasteiger partial charge < -0.3 is 24.4 Å². The number of unbranched alkanes of at least 4 members (excludes halogenated alkanes) is 2. The number of nitrogens with zero attached hydrogens (tertiary/aromatic N) is 2. The molecule has 3 heterocycles. The zero-order valence-electron chi connectivity index (χ0n) is 23.1. The zero-order valence-corrected chi connectivity index (χ0v) is 23.1. The predicted molar refractivity (Wildman–Crippen MR) is 141 cm³/mol. The third-order valence-corrected chi connectivity index (χ3v) is 8.45. The van der Waals surface area contributed by atoms with E-state index < -0.39 is 41.6 Å². The Kier molecular flexibility index (Phi) is 9.98. The Bertz CT molecular complexity index is 859. The van der Waals surface area contributed by atoms with E-state index in [1.54, 1.807) is 15.9 Å². The van der Waals surface area contributed by atoms with E-state index in [2.05, 4.69) is 20.1 Å². The van der Waals surface area contributed by atoms with Gasteiger partial charge in [0, 0.05) is 12.6 Å². The average Bonchev–Trinajstić information content (AvgIpc) is 3.50. The summed E-state index contributed by atoms with van der Waals surface area (Å²) < 4.78 is 12.1. The van der Waals surface area contributed by atoms with Crippen LogP contribution in [0.3, 0.4) is 0 Å². The molecule has 8 heteroatoms. The van der Waals surface area contributed by atoms with Gasteiger partial charge in [0.25, 0.3) is 0 Å². The third-order valence-electron chi connectivity index (χ3n) is 8.45. The lowest BCUT2D eigenvalue weighted by molar-refractivity contribution is -0.157. The van der Waals surface area contributed by atoms with Crippen molar-refractivity contribution in [2.45, 2.75) is 102 Å². The number of fused-ring (bicyclic) bond motifs is 1. The summed E-state index contributed by atoms with van der Waals surface area (Å²) in [5.74, 6) is -2.54. The lowest BCUT2D eigenvalue weighted by Gasteiger charge is -2.41. The van der Waals surface area contributed by atoms with Gasteiger partial charge in [0.2, 0.25) is 11.8 Å². The molecule has 8 nitrogen and oxygen atoms in total. The summed E-state index contributed by atoms with van der Waals surface area (Å²) in [6.07, 6.45) is 8.37. The number of carbonyl (C=O) groups is 3. The van der Waals surface area contributed by atoms with E-state index in [-0.39, 0.29) is 37.0 Å². The fourth-order valence-corrected chi connectivity index (χ4v) is 6.63. The lowest BCUT2D eigenvalue weighted by Crippen LogP contribution is -2.60. The van der Waals surface area contributed by atoms with Gasteiger partial charge >= 0.3 is 5.97 Å². The summed E-state index contributed by atoms with van der Waals surface area (Å²) in [5.41, 5.74) is -1.10. The van der Waals surface area contributed by atoms with Crippen molar-refractivity contribution in [1.29, 1.82) is 0 Å². The number of hydrogen-bond donors (Lipinski definition) is 1. The molecule has 3 aliphatic heterocycles. The van der Waals surface area contributed by atoms with Crippen molar-refractivity contribution in [2.75, 3.05) is 19.8 Å². The van der Waals surface area contributed by atoms with Crippen molar-refractivity contribution < 1.29 is 29.0 Å². The van der Waals surface area contributed by atoms with Crippen LogP contribution in [0.5, 0.6) is 0 Å². The molecule has 3 aliphatic rings. The molecule has 37 heavy (non-hydrogen) atoms. The van der Waals surface area contributed by atoms with Gasteiger partial charge in [0.05, 0.1) is 37.2 Å². The van der Waals surface area contributed by atoms with Crippen LogP contribution < -0.4 is 0 Å². The van der Waals surface area contributed by atoms with Crippen LogP contribution in [0.2, 0.25) is 0 Å². The molecule has 3 rings (SSSR count). The van der Waals surface area contributed by atoms with Crippen molar-refractivity contribution >= 4 is 17.8 Å². The van der Waals surface area contributed by atoms with Crippen LogP contribution in [-0.4, -0.2) is 82.3 Å². The monoisotopic (exact) mass is 518 g/mol. The number of hydrogen-bond acceptors (Lipinski definition) is 6. The van der Waals surface area contributed by atoms with Gasteiger partial charge in [-0.15, -0.1) is 13.2 Å².